The Hall–Kier alpha value is -0.860. The second kappa shape index (κ2) is 4.56. The Bertz CT molecular complexity index is 334. The van der Waals surface area contributed by atoms with Gasteiger partial charge in [-0.3, -0.25) is 0 Å². The van der Waals surface area contributed by atoms with Crippen molar-refractivity contribution >= 4 is 0 Å². The van der Waals surface area contributed by atoms with Gasteiger partial charge in [0.1, 0.15) is 0 Å². The summed E-state index contributed by atoms with van der Waals surface area (Å²) in [6, 6.07) is 10.8. The zero-order chi connectivity index (χ0) is 11.6. The van der Waals surface area contributed by atoms with Gasteiger partial charge < -0.3 is 10.5 Å². The van der Waals surface area contributed by atoms with Crippen LogP contribution in [-0.4, -0.2) is 18.2 Å². The van der Waals surface area contributed by atoms with Crippen LogP contribution in [-0.2, 0) is 11.2 Å². The van der Waals surface area contributed by atoms with Crippen LogP contribution in [0.1, 0.15) is 25.8 Å². The molecule has 2 rings (SSSR count). The fourth-order valence-corrected chi connectivity index (χ4v) is 2.38. The summed E-state index contributed by atoms with van der Waals surface area (Å²) in [7, 11) is 0. The van der Waals surface area contributed by atoms with Crippen molar-refractivity contribution in [3.63, 3.8) is 0 Å². The van der Waals surface area contributed by atoms with Crippen LogP contribution in [0.15, 0.2) is 30.3 Å². The summed E-state index contributed by atoms with van der Waals surface area (Å²) in [5.41, 5.74) is 7.53. The van der Waals surface area contributed by atoms with Crippen LogP contribution in [0.2, 0.25) is 0 Å². The highest BCUT2D eigenvalue weighted by Crippen LogP contribution is 2.28. The van der Waals surface area contributed by atoms with Crippen LogP contribution in [0.5, 0.6) is 0 Å². The van der Waals surface area contributed by atoms with Crippen LogP contribution < -0.4 is 5.73 Å². The van der Waals surface area contributed by atoms with Crippen molar-refractivity contribution in [1.82, 2.24) is 0 Å². The first-order chi connectivity index (χ1) is 7.57. The first-order valence-electron chi connectivity index (χ1n) is 6.00. The van der Waals surface area contributed by atoms with Gasteiger partial charge in [0.05, 0.1) is 12.2 Å². The van der Waals surface area contributed by atoms with Gasteiger partial charge in [0.2, 0.25) is 0 Å². The molecule has 2 atom stereocenters. The highest BCUT2D eigenvalue weighted by molar-refractivity contribution is 5.16. The quantitative estimate of drug-likeness (QED) is 0.828. The minimum atomic E-state index is -0.0490. The second-order valence-corrected chi connectivity index (χ2v) is 5.39. The number of rotatable bonds is 2. The zero-order valence-corrected chi connectivity index (χ0v) is 10.1. The molecule has 16 heavy (non-hydrogen) atoms. The van der Waals surface area contributed by atoms with Crippen LogP contribution in [0, 0.1) is 5.92 Å². The number of benzene rings is 1. The van der Waals surface area contributed by atoms with E-state index in [1.54, 1.807) is 0 Å². The number of hydrogen-bond acceptors (Lipinski definition) is 2. The molecular weight excluding hydrogens is 198 g/mol. The monoisotopic (exact) mass is 219 g/mol. The maximum atomic E-state index is 6.22. The van der Waals surface area contributed by atoms with Crippen molar-refractivity contribution in [2.45, 2.75) is 38.3 Å². The normalized spacial score (nSPS) is 28.9. The lowest BCUT2D eigenvalue weighted by Gasteiger charge is -2.39. The van der Waals surface area contributed by atoms with Crippen molar-refractivity contribution in [1.29, 1.82) is 0 Å². The Morgan fingerprint density at radius 2 is 2.00 bits per heavy atom. The highest BCUT2D eigenvalue weighted by Gasteiger charge is 2.33. The third kappa shape index (κ3) is 2.83. The molecule has 1 aliphatic heterocycles. The Labute approximate surface area is 97.8 Å². The molecule has 1 aliphatic rings. The van der Waals surface area contributed by atoms with E-state index in [4.69, 9.17) is 10.5 Å². The molecule has 0 amide bonds. The maximum absolute atomic E-state index is 6.22. The molecule has 2 heteroatoms. The van der Waals surface area contributed by atoms with Gasteiger partial charge in [-0.15, -0.1) is 0 Å². The summed E-state index contributed by atoms with van der Waals surface area (Å²) in [5.74, 6) is 0.454. The standard InChI is InChI=1S/C14H21NO/c1-14(2)9-13(15)12(10-16-14)8-11-6-4-3-5-7-11/h3-7,12-13H,8-10,15H2,1-2H3/t12-,13-/m1/s1. The average Bonchev–Trinajstić information content (AvgIpc) is 2.23. The lowest BCUT2D eigenvalue weighted by Crippen LogP contribution is -2.47. The van der Waals surface area contributed by atoms with Crippen LogP contribution in [0.4, 0.5) is 0 Å². The van der Waals surface area contributed by atoms with E-state index in [-0.39, 0.29) is 11.6 Å². The smallest absolute Gasteiger partial charge is 0.0641 e. The fraction of sp³-hybridized carbons (Fsp3) is 0.571. The predicted molar refractivity (Wildman–Crippen MR) is 66.3 cm³/mol. The van der Waals surface area contributed by atoms with E-state index < -0.39 is 0 Å². The van der Waals surface area contributed by atoms with Gasteiger partial charge in [0.25, 0.3) is 0 Å². The molecule has 1 fully saturated rings. The lowest BCUT2D eigenvalue weighted by molar-refractivity contribution is -0.0844. The molecule has 2 N–H and O–H groups in total. The second-order valence-electron chi connectivity index (χ2n) is 5.39. The molecule has 1 aromatic carbocycles. The molecule has 0 spiro atoms. The first-order valence-corrected chi connectivity index (χ1v) is 6.00. The Morgan fingerprint density at radius 3 is 2.62 bits per heavy atom. The Morgan fingerprint density at radius 1 is 1.31 bits per heavy atom. The number of ether oxygens (including phenoxy) is 1. The summed E-state index contributed by atoms with van der Waals surface area (Å²) in [5, 5.41) is 0. The van der Waals surface area contributed by atoms with E-state index in [9.17, 15) is 0 Å². The van der Waals surface area contributed by atoms with Gasteiger partial charge in [-0.25, -0.2) is 0 Å². The largest absolute Gasteiger partial charge is 0.375 e. The van der Waals surface area contributed by atoms with Crippen molar-refractivity contribution in [3.05, 3.63) is 35.9 Å². The summed E-state index contributed by atoms with van der Waals surface area (Å²) < 4.78 is 5.84. The van der Waals surface area contributed by atoms with Gasteiger partial charge in [-0.1, -0.05) is 30.3 Å². The molecule has 0 radical (unpaired) electrons. The molecule has 2 nitrogen and oxygen atoms in total. The summed E-state index contributed by atoms with van der Waals surface area (Å²) >= 11 is 0. The van der Waals surface area contributed by atoms with Crippen molar-refractivity contribution in [2.24, 2.45) is 11.7 Å². The van der Waals surface area contributed by atoms with Crippen molar-refractivity contribution in [2.75, 3.05) is 6.61 Å². The molecule has 0 saturated carbocycles. The van der Waals surface area contributed by atoms with Gasteiger partial charge in [0.15, 0.2) is 0 Å². The van der Waals surface area contributed by atoms with E-state index in [1.165, 1.54) is 5.56 Å². The fourth-order valence-electron chi connectivity index (χ4n) is 2.38. The Balaban J connectivity index is 1.97. The Kier molecular flexibility index (Phi) is 3.31. The number of hydrogen-bond donors (Lipinski definition) is 1. The third-order valence-electron chi connectivity index (χ3n) is 3.36. The minimum Gasteiger partial charge on any atom is -0.375 e. The summed E-state index contributed by atoms with van der Waals surface area (Å²) in [6.07, 6.45) is 1.97. The van der Waals surface area contributed by atoms with E-state index in [0.29, 0.717) is 5.92 Å². The topological polar surface area (TPSA) is 35.2 Å². The maximum Gasteiger partial charge on any atom is 0.0641 e. The molecule has 1 aromatic rings. The molecular formula is C14H21NO. The minimum absolute atomic E-state index is 0.0490. The van der Waals surface area contributed by atoms with Gasteiger partial charge in [0, 0.05) is 12.0 Å². The van der Waals surface area contributed by atoms with Crippen LogP contribution in [0.25, 0.3) is 0 Å². The molecule has 88 valence electrons. The number of nitrogens with two attached hydrogens (primary N) is 1. The molecule has 1 heterocycles. The van der Waals surface area contributed by atoms with Gasteiger partial charge >= 0.3 is 0 Å². The van der Waals surface area contributed by atoms with E-state index in [1.807, 2.05) is 6.07 Å². The highest BCUT2D eigenvalue weighted by atomic mass is 16.5. The van der Waals surface area contributed by atoms with Crippen LogP contribution in [0.3, 0.4) is 0 Å². The van der Waals surface area contributed by atoms with Gasteiger partial charge in [-0.05, 0) is 32.3 Å². The van der Waals surface area contributed by atoms with Crippen molar-refractivity contribution in [3.8, 4) is 0 Å². The summed E-state index contributed by atoms with van der Waals surface area (Å²) in [6.45, 7) is 5.01. The predicted octanol–water partition coefficient (Wildman–Crippen LogP) is 2.37. The SMILES string of the molecule is CC1(C)C[C@@H](N)[C@H](Cc2ccccc2)CO1. The molecule has 0 aliphatic carbocycles. The molecule has 0 bridgehead atoms. The van der Waals surface area contributed by atoms with Gasteiger partial charge in [-0.2, -0.15) is 0 Å². The summed E-state index contributed by atoms with van der Waals surface area (Å²) in [4.78, 5) is 0. The van der Waals surface area contributed by atoms with Crippen molar-refractivity contribution < 1.29 is 4.74 Å². The third-order valence-corrected chi connectivity index (χ3v) is 3.36. The van der Waals surface area contributed by atoms with Crippen LogP contribution >= 0.6 is 0 Å². The first kappa shape index (κ1) is 11.6. The van der Waals surface area contributed by atoms with E-state index in [0.717, 1.165) is 19.4 Å². The average molecular weight is 219 g/mol. The lowest BCUT2D eigenvalue weighted by atomic mass is 9.84. The molecule has 0 unspecified atom stereocenters. The van der Waals surface area contributed by atoms with E-state index in [2.05, 4.69) is 38.1 Å². The molecule has 1 saturated heterocycles. The zero-order valence-electron chi connectivity index (χ0n) is 10.1. The van der Waals surface area contributed by atoms with E-state index >= 15 is 0 Å². The molecule has 0 aromatic heterocycles.